The number of halogens is 1. The smallest absolute Gasteiger partial charge is 0.319 e. The summed E-state index contributed by atoms with van der Waals surface area (Å²) in [5, 5.41) is 0.412. The number of imide groups is 1. The number of rotatable bonds is 3. The molecule has 0 aromatic heterocycles. The van der Waals surface area contributed by atoms with Crippen LogP contribution in [0.1, 0.15) is 22.6 Å². The molecular weight excluding hydrogens is 478 g/mol. The largest absolute Gasteiger partial charge is 0.497 e. The summed E-state index contributed by atoms with van der Waals surface area (Å²) in [6.45, 7) is 1.92. The van der Waals surface area contributed by atoms with Crippen LogP contribution in [0.5, 0.6) is 11.5 Å². The number of hydrogen-bond donors (Lipinski definition) is 0. The number of carbonyl (C=O) groups is 3. The molecule has 1 fully saturated rings. The molecule has 4 atom stereocenters. The molecule has 180 valence electrons. The van der Waals surface area contributed by atoms with Gasteiger partial charge in [-0.3, -0.25) is 14.4 Å². The summed E-state index contributed by atoms with van der Waals surface area (Å²) in [6, 6.07) is 19.8. The van der Waals surface area contributed by atoms with E-state index in [0.29, 0.717) is 22.2 Å². The molecule has 0 radical (unpaired) electrons. The number of nitrogens with zero attached hydrogens (tertiary/aromatic N) is 1. The predicted molar refractivity (Wildman–Crippen MR) is 135 cm³/mol. The van der Waals surface area contributed by atoms with Crippen molar-refractivity contribution in [2.75, 3.05) is 12.0 Å². The molecule has 2 aliphatic heterocycles. The van der Waals surface area contributed by atoms with Gasteiger partial charge in [-0.2, -0.15) is 0 Å². The summed E-state index contributed by atoms with van der Waals surface area (Å²) in [7, 11) is 1.59. The molecule has 1 saturated heterocycles. The van der Waals surface area contributed by atoms with Crippen molar-refractivity contribution < 1.29 is 23.9 Å². The standard InChI is InChI=1S/C29H22ClNO5/c1-15-6-11-20-22-14-21(16-7-9-19(35-2)10-8-16)24-26(25(22)29(34)36-23(20)12-15)28(33)31(27(24)32)18-5-3-4-17(30)13-18/h3-14,21,24-26H,1-2H3/t21-,24-,25-,26-/m0/s1. The van der Waals surface area contributed by atoms with Crippen LogP contribution in [-0.4, -0.2) is 24.9 Å². The van der Waals surface area contributed by atoms with Crippen LogP contribution < -0.4 is 14.4 Å². The number of amides is 2. The van der Waals surface area contributed by atoms with E-state index < -0.39 is 35.5 Å². The Bertz CT molecular complexity index is 1460. The number of aryl methyl sites for hydroxylation is 1. The molecule has 2 amide bonds. The number of anilines is 1. The van der Waals surface area contributed by atoms with Gasteiger partial charge in [0.05, 0.1) is 30.6 Å². The lowest BCUT2D eigenvalue weighted by Gasteiger charge is -2.38. The predicted octanol–water partition coefficient (Wildman–Crippen LogP) is 5.18. The van der Waals surface area contributed by atoms with Crippen LogP contribution in [-0.2, 0) is 14.4 Å². The van der Waals surface area contributed by atoms with Gasteiger partial charge in [-0.05, 0) is 60.0 Å². The summed E-state index contributed by atoms with van der Waals surface area (Å²) in [5.74, 6) is -3.10. The number of hydrogen-bond acceptors (Lipinski definition) is 5. The molecule has 3 aromatic carbocycles. The van der Waals surface area contributed by atoms with Gasteiger partial charge in [0.1, 0.15) is 11.5 Å². The van der Waals surface area contributed by atoms with E-state index in [-0.39, 0.29) is 5.91 Å². The molecule has 7 heteroatoms. The lowest BCUT2D eigenvalue weighted by atomic mass is 9.64. The van der Waals surface area contributed by atoms with Gasteiger partial charge in [0.2, 0.25) is 11.8 Å². The van der Waals surface area contributed by atoms with Crippen molar-refractivity contribution in [3.63, 3.8) is 0 Å². The minimum atomic E-state index is -0.898. The number of carbonyl (C=O) groups excluding carboxylic acids is 3. The zero-order valence-corrected chi connectivity index (χ0v) is 20.4. The van der Waals surface area contributed by atoms with Crippen molar-refractivity contribution in [1.82, 2.24) is 0 Å². The van der Waals surface area contributed by atoms with Gasteiger partial charge < -0.3 is 9.47 Å². The van der Waals surface area contributed by atoms with Crippen molar-refractivity contribution in [1.29, 1.82) is 0 Å². The number of methoxy groups -OCH3 is 1. The molecule has 0 spiro atoms. The summed E-state index contributed by atoms with van der Waals surface area (Å²) in [5.41, 5.74) is 3.70. The van der Waals surface area contributed by atoms with Crippen LogP contribution in [0, 0.1) is 24.7 Å². The van der Waals surface area contributed by atoms with E-state index in [0.717, 1.165) is 22.3 Å². The first-order valence-corrected chi connectivity index (χ1v) is 12.1. The average Bonchev–Trinajstić information content (AvgIpc) is 3.13. The molecule has 2 heterocycles. The van der Waals surface area contributed by atoms with Gasteiger partial charge in [-0.1, -0.05) is 48.0 Å². The Labute approximate surface area is 213 Å². The molecule has 6 nitrogen and oxygen atoms in total. The van der Waals surface area contributed by atoms with Gasteiger partial charge in [0.25, 0.3) is 0 Å². The first-order chi connectivity index (χ1) is 17.4. The second kappa shape index (κ2) is 8.35. The summed E-state index contributed by atoms with van der Waals surface area (Å²) >= 11 is 6.18. The van der Waals surface area contributed by atoms with Crippen LogP contribution in [0.4, 0.5) is 5.69 Å². The summed E-state index contributed by atoms with van der Waals surface area (Å²) in [6.07, 6.45) is 1.97. The summed E-state index contributed by atoms with van der Waals surface area (Å²) < 4.78 is 11.0. The van der Waals surface area contributed by atoms with Crippen molar-refractivity contribution in [2.24, 2.45) is 17.8 Å². The second-order valence-electron chi connectivity index (χ2n) is 9.36. The number of allylic oxidation sites excluding steroid dienone is 1. The maximum Gasteiger partial charge on any atom is 0.319 e. The van der Waals surface area contributed by atoms with Gasteiger partial charge in [0, 0.05) is 16.5 Å². The first kappa shape index (κ1) is 22.6. The van der Waals surface area contributed by atoms with Gasteiger partial charge in [-0.15, -0.1) is 0 Å². The SMILES string of the molecule is COc1ccc([C@@H]2C=C3c4ccc(C)cc4OC(=O)[C@@H]3[C@H]3C(=O)N(c4cccc(Cl)c4)C(=O)[C@H]32)cc1. The van der Waals surface area contributed by atoms with E-state index in [2.05, 4.69) is 0 Å². The van der Waals surface area contributed by atoms with E-state index in [4.69, 9.17) is 21.1 Å². The first-order valence-electron chi connectivity index (χ1n) is 11.7. The van der Waals surface area contributed by atoms with Crippen molar-refractivity contribution >= 4 is 40.6 Å². The fourth-order valence-corrected chi connectivity index (χ4v) is 5.87. The molecular formula is C29H22ClNO5. The number of ether oxygens (including phenoxy) is 2. The lowest BCUT2D eigenvalue weighted by Crippen LogP contribution is -2.42. The second-order valence-corrected chi connectivity index (χ2v) is 9.80. The maximum absolute atomic E-state index is 13.9. The third-order valence-electron chi connectivity index (χ3n) is 7.32. The molecule has 1 aliphatic carbocycles. The van der Waals surface area contributed by atoms with E-state index in [1.165, 1.54) is 4.90 Å². The molecule has 3 aliphatic rings. The normalized spacial score (nSPS) is 24.5. The van der Waals surface area contributed by atoms with Crippen LogP contribution >= 0.6 is 11.6 Å². The monoisotopic (exact) mass is 499 g/mol. The number of benzene rings is 3. The fourth-order valence-electron chi connectivity index (χ4n) is 5.69. The zero-order chi connectivity index (χ0) is 25.1. The topological polar surface area (TPSA) is 72.9 Å². The highest BCUT2D eigenvalue weighted by Crippen LogP contribution is 2.54. The van der Waals surface area contributed by atoms with Crippen molar-refractivity contribution in [3.05, 3.63) is 94.5 Å². The maximum atomic E-state index is 13.9. The Morgan fingerprint density at radius 3 is 2.39 bits per heavy atom. The molecule has 0 saturated carbocycles. The van der Waals surface area contributed by atoms with E-state index in [1.807, 2.05) is 55.5 Å². The Balaban J connectivity index is 1.54. The van der Waals surface area contributed by atoms with Crippen molar-refractivity contribution in [3.8, 4) is 11.5 Å². The quantitative estimate of drug-likeness (QED) is 0.282. The van der Waals surface area contributed by atoms with Crippen LogP contribution in [0.2, 0.25) is 5.02 Å². The van der Waals surface area contributed by atoms with Gasteiger partial charge in [-0.25, -0.2) is 4.90 Å². The third kappa shape index (κ3) is 3.36. The molecule has 0 unspecified atom stereocenters. The van der Waals surface area contributed by atoms with Crippen LogP contribution in [0.15, 0.2) is 72.8 Å². The van der Waals surface area contributed by atoms with E-state index >= 15 is 0 Å². The van der Waals surface area contributed by atoms with Crippen molar-refractivity contribution in [2.45, 2.75) is 12.8 Å². The Morgan fingerprint density at radius 2 is 1.67 bits per heavy atom. The van der Waals surface area contributed by atoms with E-state index in [1.54, 1.807) is 31.4 Å². The highest BCUT2D eigenvalue weighted by molar-refractivity contribution is 6.31. The number of fused-ring (bicyclic) bond motifs is 5. The van der Waals surface area contributed by atoms with Gasteiger partial charge in [0.15, 0.2) is 0 Å². The molecule has 0 N–H and O–H groups in total. The van der Waals surface area contributed by atoms with Gasteiger partial charge >= 0.3 is 5.97 Å². The number of esters is 1. The van der Waals surface area contributed by atoms with Crippen LogP contribution in [0.25, 0.3) is 5.57 Å². The fraction of sp³-hybridized carbons (Fsp3) is 0.207. The Morgan fingerprint density at radius 1 is 0.917 bits per heavy atom. The highest BCUT2D eigenvalue weighted by atomic mass is 35.5. The zero-order valence-electron chi connectivity index (χ0n) is 19.6. The molecule has 6 rings (SSSR count). The minimum absolute atomic E-state index is 0.356. The molecule has 3 aromatic rings. The highest BCUT2D eigenvalue weighted by Gasteiger charge is 2.60. The molecule has 36 heavy (non-hydrogen) atoms. The summed E-state index contributed by atoms with van der Waals surface area (Å²) in [4.78, 5) is 42.3. The average molecular weight is 500 g/mol. The third-order valence-corrected chi connectivity index (χ3v) is 7.55. The minimum Gasteiger partial charge on any atom is -0.497 e. The Hall–Kier alpha value is -3.90. The lowest BCUT2D eigenvalue weighted by molar-refractivity contribution is -0.142. The van der Waals surface area contributed by atoms with Crippen LogP contribution in [0.3, 0.4) is 0 Å². The van der Waals surface area contributed by atoms with E-state index in [9.17, 15) is 14.4 Å². The molecule has 0 bridgehead atoms. The Kier molecular flexibility index (Phi) is 5.23.